The normalized spacial score (nSPS) is 11.0. The second-order valence-corrected chi connectivity index (χ2v) is 5.82. The minimum absolute atomic E-state index is 0.0133. The maximum absolute atomic E-state index is 11.8. The Morgan fingerprint density at radius 2 is 2.04 bits per heavy atom. The number of hydrogen-bond donors (Lipinski definition) is 1. The summed E-state index contributed by atoms with van der Waals surface area (Å²) in [6.07, 6.45) is 1.76. The second kappa shape index (κ2) is 8.43. The molecule has 6 heteroatoms. The highest BCUT2D eigenvalue weighted by molar-refractivity contribution is 5.75. The molecule has 0 bridgehead atoms. The van der Waals surface area contributed by atoms with Crippen molar-refractivity contribution in [2.24, 2.45) is 0 Å². The van der Waals surface area contributed by atoms with Crippen molar-refractivity contribution in [1.82, 2.24) is 20.4 Å². The molecule has 1 N–H and O–H groups in total. The van der Waals surface area contributed by atoms with Gasteiger partial charge in [0.2, 0.25) is 17.7 Å². The van der Waals surface area contributed by atoms with Crippen molar-refractivity contribution in [3.05, 3.63) is 35.7 Å². The molecule has 0 spiro atoms. The van der Waals surface area contributed by atoms with E-state index < -0.39 is 0 Å². The summed E-state index contributed by atoms with van der Waals surface area (Å²) in [7, 11) is 4.03. The zero-order valence-electron chi connectivity index (χ0n) is 14.0. The first-order valence-electron chi connectivity index (χ1n) is 7.86. The molecule has 2 rings (SSSR count). The first-order valence-corrected chi connectivity index (χ1v) is 7.86. The van der Waals surface area contributed by atoms with Crippen molar-refractivity contribution in [3.8, 4) is 11.5 Å². The molecule has 0 fully saturated rings. The Morgan fingerprint density at radius 1 is 1.26 bits per heavy atom. The highest BCUT2D eigenvalue weighted by Gasteiger charge is 2.11. The van der Waals surface area contributed by atoms with Gasteiger partial charge in [-0.15, -0.1) is 10.2 Å². The van der Waals surface area contributed by atoms with Gasteiger partial charge in [0.25, 0.3) is 0 Å². The standard InChI is InChI=1S/C17H24N4O2/c1-13-7-4-5-8-14(13)17-20-19-16(23-17)10-9-15(22)18-11-6-12-21(2)3/h4-5,7-8H,6,9-12H2,1-3H3,(H,18,22). The van der Waals surface area contributed by atoms with Crippen LogP contribution < -0.4 is 5.32 Å². The van der Waals surface area contributed by atoms with Gasteiger partial charge in [0.15, 0.2) is 0 Å². The van der Waals surface area contributed by atoms with Crippen molar-refractivity contribution >= 4 is 5.91 Å². The van der Waals surface area contributed by atoms with Crippen LogP contribution in [0.2, 0.25) is 0 Å². The zero-order valence-corrected chi connectivity index (χ0v) is 14.0. The Balaban J connectivity index is 1.79. The molecule has 0 saturated heterocycles. The van der Waals surface area contributed by atoms with Gasteiger partial charge in [-0.25, -0.2) is 0 Å². The third-order valence-electron chi connectivity index (χ3n) is 3.51. The van der Waals surface area contributed by atoms with E-state index in [1.165, 1.54) is 0 Å². The van der Waals surface area contributed by atoms with Crippen LogP contribution in [0, 0.1) is 6.92 Å². The quantitative estimate of drug-likeness (QED) is 0.755. The summed E-state index contributed by atoms with van der Waals surface area (Å²) in [5.74, 6) is 1.01. The second-order valence-electron chi connectivity index (χ2n) is 5.82. The summed E-state index contributed by atoms with van der Waals surface area (Å²) in [4.78, 5) is 13.9. The van der Waals surface area contributed by atoms with Gasteiger partial charge >= 0.3 is 0 Å². The van der Waals surface area contributed by atoms with Crippen LogP contribution in [-0.4, -0.2) is 48.2 Å². The van der Waals surface area contributed by atoms with E-state index in [0.717, 1.165) is 24.1 Å². The Bertz CT molecular complexity index is 637. The molecule has 1 amide bonds. The largest absolute Gasteiger partial charge is 0.421 e. The number of benzene rings is 1. The molecule has 1 aromatic carbocycles. The number of aryl methyl sites for hydroxylation is 2. The van der Waals surface area contributed by atoms with Crippen LogP contribution in [0.25, 0.3) is 11.5 Å². The van der Waals surface area contributed by atoms with Crippen LogP contribution in [-0.2, 0) is 11.2 Å². The van der Waals surface area contributed by atoms with E-state index in [9.17, 15) is 4.79 Å². The average molecular weight is 316 g/mol. The minimum atomic E-state index is 0.0133. The van der Waals surface area contributed by atoms with Gasteiger partial charge in [-0.2, -0.15) is 0 Å². The number of carbonyl (C=O) groups excluding carboxylic acids is 1. The molecule has 0 unspecified atom stereocenters. The fraction of sp³-hybridized carbons (Fsp3) is 0.471. The van der Waals surface area contributed by atoms with Crippen LogP contribution in [0.1, 0.15) is 24.3 Å². The predicted octanol–water partition coefficient (Wildman–Crippen LogP) is 2.05. The van der Waals surface area contributed by atoms with Gasteiger partial charge in [-0.1, -0.05) is 18.2 Å². The van der Waals surface area contributed by atoms with Crippen LogP contribution in [0.3, 0.4) is 0 Å². The highest BCUT2D eigenvalue weighted by atomic mass is 16.4. The first-order chi connectivity index (χ1) is 11.1. The summed E-state index contributed by atoms with van der Waals surface area (Å²) in [6.45, 7) is 3.65. The van der Waals surface area contributed by atoms with Crippen molar-refractivity contribution in [2.75, 3.05) is 27.2 Å². The third kappa shape index (κ3) is 5.49. The molecule has 1 aromatic heterocycles. The van der Waals surface area contributed by atoms with E-state index in [1.807, 2.05) is 45.3 Å². The molecule has 1 heterocycles. The van der Waals surface area contributed by atoms with Gasteiger partial charge < -0.3 is 14.6 Å². The van der Waals surface area contributed by atoms with Crippen LogP contribution >= 0.6 is 0 Å². The summed E-state index contributed by atoms with van der Waals surface area (Å²) in [5, 5.41) is 11.0. The zero-order chi connectivity index (χ0) is 16.7. The molecule has 2 aromatic rings. The molecular formula is C17H24N4O2. The average Bonchev–Trinajstić information content (AvgIpc) is 2.98. The molecule has 124 valence electrons. The molecular weight excluding hydrogens is 292 g/mol. The maximum atomic E-state index is 11.8. The minimum Gasteiger partial charge on any atom is -0.421 e. The highest BCUT2D eigenvalue weighted by Crippen LogP contribution is 2.21. The van der Waals surface area contributed by atoms with E-state index in [-0.39, 0.29) is 5.91 Å². The Hall–Kier alpha value is -2.21. The van der Waals surface area contributed by atoms with Gasteiger partial charge in [0, 0.05) is 24.9 Å². The van der Waals surface area contributed by atoms with Gasteiger partial charge in [-0.3, -0.25) is 4.79 Å². The van der Waals surface area contributed by atoms with Gasteiger partial charge in [0.1, 0.15) is 0 Å². The van der Waals surface area contributed by atoms with Crippen molar-refractivity contribution in [2.45, 2.75) is 26.2 Å². The lowest BCUT2D eigenvalue weighted by molar-refractivity contribution is -0.121. The Labute approximate surface area is 136 Å². The number of rotatable bonds is 8. The number of amides is 1. The molecule has 0 radical (unpaired) electrons. The fourth-order valence-corrected chi connectivity index (χ4v) is 2.21. The SMILES string of the molecule is Cc1ccccc1-c1nnc(CCC(=O)NCCCN(C)C)o1. The summed E-state index contributed by atoms with van der Waals surface area (Å²) < 4.78 is 5.65. The number of nitrogens with zero attached hydrogens (tertiary/aromatic N) is 3. The molecule has 0 aliphatic heterocycles. The third-order valence-corrected chi connectivity index (χ3v) is 3.51. The van der Waals surface area contributed by atoms with Crippen LogP contribution in [0.5, 0.6) is 0 Å². The summed E-state index contributed by atoms with van der Waals surface area (Å²) in [5.41, 5.74) is 2.01. The van der Waals surface area contributed by atoms with E-state index in [4.69, 9.17) is 4.42 Å². The molecule has 6 nitrogen and oxygen atoms in total. The predicted molar refractivity (Wildman–Crippen MR) is 89.0 cm³/mol. The van der Waals surface area contributed by atoms with Crippen LogP contribution in [0.4, 0.5) is 0 Å². The maximum Gasteiger partial charge on any atom is 0.247 e. The smallest absolute Gasteiger partial charge is 0.247 e. The molecule has 0 aliphatic carbocycles. The number of carbonyl (C=O) groups is 1. The van der Waals surface area contributed by atoms with E-state index in [2.05, 4.69) is 20.4 Å². The lowest BCUT2D eigenvalue weighted by Crippen LogP contribution is -2.27. The van der Waals surface area contributed by atoms with Crippen molar-refractivity contribution in [3.63, 3.8) is 0 Å². The van der Waals surface area contributed by atoms with E-state index >= 15 is 0 Å². The Kier molecular flexibility index (Phi) is 6.29. The molecule has 23 heavy (non-hydrogen) atoms. The Morgan fingerprint density at radius 3 is 2.78 bits per heavy atom. The number of hydrogen-bond acceptors (Lipinski definition) is 5. The summed E-state index contributed by atoms with van der Waals surface area (Å²) >= 11 is 0. The van der Waals surface area contributed by atoms with Crippen molar-refractivity contribution in [1.29, 1.82) is 0 Å². The van der Waals surface area contributed by atoms with E-state index in [0.29, 0.717) is 31.2 Å². The fourth-order valence-electron chi connectivity index (χ4n) is 2.21. The first kappa shape index (κ1) is 17.1. The van der Waals surface area contributed by atoms with Gasteiger partial charge in [0.05, 0.1) is 0 Å². The van der Waals surface area contributed by atoms with E-state index in [1.54, 1.807) is 0 Å². The van der Waals surface area contributed by atoms with Crippen LogP contribution in [0.15, 0.2) is 28.7 Å². The monoisotopic (exact) mass is 316 g/mol. The topological polar surface area (TPSA) is 71.3 Å². The summed E-state index contributed by atoms with van der Waals surface area (Å²) in [6, 6.07) is 7.86. The number of aromatic nitrogens is 2. The molecule has 0 saturated carbocycles. The van der Waals surface area contributed by atoms with Gasteiger partial charge in [-0.05, 0) is 45.6 Å². The lowest BCUT2D eigenvalue weighted by atomic mass is 10.1. The molecule has 0 atom stereocenters. The molecule has 0 aliphatic rings. The van der Waals surface area contributed by atoms with Crippen molar-refractivity contribution < 1.29 is 9.21 Å². The lowest BCUT2D eigenvalue weighted by Gasteiger charge is -2.09. The number of nitrogens with one attached hydrogen (secondary N) is 1.